The maximum Gasteiger partial charge on any atom is 0.269 e. The van der Waals surface area contributed by atoms with E-state index in [0.29, 0.717) is 6.42 Å². The van der Waals surface area contributed by atoms with Crippen molar-refractivity contribution < 1.29 is 14.8 Å². The van der Waals surface area contributed by atoms with Crippen LogP contribution in [0.1, 0.15) is 32.8 Å². The van der Waals surface area contributed by atoms with Crippen molar-refractivity contribution in [3.8, 4) is 0 Å². The Labute approximate surface area is 124 Å². The highest BCUT2D eigenvalue weighted by Gasteiger charge is 2.25. The zero-order valence-electron chi connectivity index (χ0n) is 12.6. The molecule has 1 atom stereocenters. The molecule has 0 heterocycles. The second-order valence-corrected chi connectivity index (χ2v) is 6.10. The summed E-state index contributed by atoms with van der Waals surface area (Å²) in [5.41, 5.74) is 0.579. The molecule has 0 radical (unpaired) electrons. The van der Waals surface area contributed by atoms with E-state index >= 15 is 0 Å². The second-order valence-electron chi connectivity index (χ2n) is 6.10. The van der Waals surface area contributed by atoms with Crippen LogP contribution in [0.4, 0.5) is 5.69 Å². The fourth-order valence-electron chi connectivity index (χ4n) is 2.02. The van der Waals surface area contributed by atoms with E-state index in [9.17, 15) is 14.9 Å². The Kier molecular flexibility index (Phi) is 5.84. The summed E-state index contributed by atoms with van der Waals surface area (Å²) in [6.07, 6.45) is 0.658. The largest absolute Gasteiger partial charge is 0.396 e. The quantitative estimate of drug-likeness (QED) is 0.620. The van der Waals surface area contributed by atoms with E-state index in [0.717, 1.165) is 5.56 Å². The second kappa shape index (κ2) is 7.17. The fourth-order valence-corrected chi connectivity index (χ4v) is 2.02. The first-order chi connectivity index (χ1) is 9.74. The zero-order chi connectivity index (χ0) is 16.0. The van der Waals surface area contributed by atoms with Gasteiger partial charge in [0.15, 0.2) is 0 Å². The van der Waals surface area contributed by atoms with Crippen LogP contribution in [0.3, 0.4) is 0 Å². The molecule has 2 N–H and O–H groups in total. The first-order valence-electron chi connectivity index (χ1n) is 6.87. The van der Waals surface area contributed by atoms with Crippen LogP contribution in [0.15, 0.2) is 24.3 Å². The van der Waals surface area contributed by atoms with Crippen molar-refractivity contribution >= 4 is 11.6 Å². The summed E-state index contributed by atoms with van der Waals surface area (Å²) in [6, 6.07) is 5.81. The van der Waals surface area contributed by atoms with Gasteiger partial charge >= 0.3 is 0 Å². The van der Waals surface area contributed by atoms with Gasteiger partial charge in [-0.25, -0.2) is 0 Å². The molecular formula is C15H22N2O4. The van der Waals surface area contributed by atoms with Crippen LogP contribution in [-0.2, 0) is 11.2 Å². The molecule has 1 amide bonds. The van der Waals surface area contributed by atoms with Crippen LogP contribution < -0.4 is 5.32 Å². The molecule has 0 bridgehead atoms. The summed E-state index contributed by atoms with van der Waals surface area (Å²) in [5, 5.41) is 22.5. The first kappa shape index (κ1) is 17.1. The molecule has 1 rings (SSSR count). The smallest absolute Gasteiger partial charge is 0.269 e. The van der Waals surface area contributed by atoms with Crippen LogP contribution in [-0.4, -0.2) is 28.6 Å². The lowest BCUT2D eigenvalue weighted by atomic mass is 9.85. The van der Waals surface area contributed by atoms with E-state index in [1.807, 2.05) is 20.8 Å². The van der Waals surface area contributed by atoms with Gasteiger partial charge in [0, 0.05) is 24.8 Å². The van der Waals surface area contributed by atoms with Crippen molar-refractivity contribution in [2.24, 2.45) is 5.41 Å². The van der Waals surface area contributed by atoms with Gasteiger partial charge in [-0.2, -0.15) is 0 Å². The molecule has 0 aromatic heterocycles. The Morgan fingerprint density at radius 3 is 2.33 bits per heavy atom. The molecule has 0 aliphatic rings. The van der Waals surface area contributed by atoms with Crippen molar-refractivity contribution in [3.05, 3.63) is 39.9 Å². The summed E-state index contributed by atoms with van der Waals surface area (Å²) in [6.45, 7) is 6.01. The predicted molar refractivity (Wildman–Crippen MR) is 79.9 cm³/mol. The molecule has 1 aromatic rings. The van der Waals surface area contributed by atoms with Crippen LogP contribution in [0.5, 0.6) is 0 Å². The molecule has 1 aromatic carbocycles. The number of nitro groups is 1. The minimum Gasteiger partial charge on any atom is -0.396 e. The minimum absolute atomic E-state index is 0.00649. The van der Waals surface area contributed by atoms with Gasteiger partial charge < -0.3 is 10.4 Å². The molecule has 0 spiro atoms. The lowest BCUT2D eigenvalue weighted by Crippen LogP contribution is -2.44. The molecule has 116 valence electrons. The van der Waals surface area contributed by atoms with Gasteiger partial charge in [0.2, 0.25) is 5.91 Å². The normalized spacial score (nSPS) is 12.8. The van der Waals surface area contributed by atoms with Gasteiger partial charge in [-0.15, -0.1) is 0 Å². The summed E-state index contributed by atoms with van der Waals surface area (Å²) < 4.78 is 0. The Morgan fingerprint density at radius 2 is 1.90 bits per heavy atom. The monoisotopic (exact) mass is 294 g/mol. The number of hydrogen-bond acceptors (Lipinski definition) is 4. The number of nitro benzene ring substituents is 1. The van der Waals surface area contributed by atoms with E-state index < -0.39 is 4.92 Å². The third kappa shape index (κ3) is 5.51. The van der Waals surface area contributed by atoms with Gasteiger partial charge in [0.1, 0.15) is 0 Å². The van der Waals surface area contributed by atoms with Crippen molar-refractivity contribution in [3.63, 3.8) is 0 Å². The SMILES string of the molecule is CC(C)(C)C(CCO)NC(=O)Cc1ccc([N+](=O)[O-])cc1. The van der Waals surface area contributed by atoms with Gasteiger partial charge in [0.05, 0.1) is 11.3 Å². The summed E-state index contributed by atoms with van der Waals surface area (Å²) in [7, 11) is 0. The molecule has 21 heavy (non-hydrogen) atoms. The van der Waals surface area contributed by atoms with Gasteiger partial charge in [0.25, 0.3) is 5.69 Å². The van der Waals surface area contributed by atoms with Crippen molar-refractivity contribution in [1.82, 2.24) is 5.32 Å². The van der Waals surface area contributed by atoms with Crippen LogP contribution >= 0.6 is 0 Å². The highest BCUT2D eigenvalue weighted by atomic mass is 16.6. The number of aliphatic hydroxyl groups excluding tert-OH is 1. The zero-order valence-corrected chi connectivity index (χ0v) is 12.6. The van der Waals surface area contributed by atoms with E-state index in [4.69, 9.17) is 5.11 Å². The highest BCUT2D eigenvalue weighted by Crippen LogP contribution is 2.21. The number of aliphatic hydroxyl groups is 1. The van der Waals surface area contributed by atoms with E-state index in [-0.39, 0.29) is 36.1 Å². The third-order valence-electron chi connectivity index (χ3n) is 3.31. The molecule has 0 aliphatic heterocycles. The van der Waals surface area contributed by atoms with E-state index in [2.05, 4.69) is 5.32 Å². The number of benzene rings is 1. The standard InChI is InChI=1S/C15H22N2O4/c1-15(2,3)13(8-9-18)16-14(19)10-11-4-6-12(7-5-11)17(20)21/h4-7,13,18H,8-10H2,1-3H3,(H,16,19). The number of carbonyl (C=O) groups is 1. The van der Waals surface area contributed by atoms with Crippen molar-refractivity contribution in [1.29, 1.82) is 0 Å². The average molecular weight is 294 g/mol. The number of hydrogen-bond donors (Lipinski definition) is 2. The molecule has 1 unspecified atom stereocenters. The molecule has 0 saturated heterocycles. The number of carbonyl (C=O) groups excluding carboxylic acids is 1. The number of rotatable bonds is 6. The fraction of sp³-hybridized carbons (Fsp3) is 0.533. The molecular weight excluding hydrogens is 272 g/mol. The van der Waals surface area contributed by atoms with Gasteiger partial charge in [-0.05, 0) is 17.4 Å². The topological polar surface area (TPSA) is 92.5 Å². The van der Waals surface area contributed by atoms with Crippen LogP contribution in [0, 0.1) is 15.5 Å². The highest BCUT2D eigenvalue weighted by molar-refractivity contribution is 5.79. The average Bonchev–Trinajstić information content (AvgIpc) is 2.37. The summed E-state index contributed by atoms with van der Waals surface area (Å²) in [5.74, 6) is -0.155. The lowest BCUT2D eigenvalue weighted by Gasteiger charge is -2.31. The predicted octanol–water partition coefficient (Wildman–Crippen LogP) is 2.05. The molecule has 6 heteroatoms. The lowest BCUT2D eigenvalue weighted by molar-refractivity contribution is -0.384. The Bertz CT molecular complexity index is 491. The number of nitrogens with one attached hydrogen (secondary N) is 1. The number of non-ortho nitro benzene ring substituents is 1. The van der Waals surface area contributed by atoms with Crippen molar-refractivity contribution in [2.45, 2.75) is 39.7 Å². The first-order valence-corrected chi connectivity index (χ1v) is 6.87. The van der Waals surface area contributed by atoms with E-state index in [1.165, 1.54) is 12.1 Å². The van der Waals surface area contributed by atoms with Gasteiger partial charge in [-0.3, -0.25) is 14.9 Å². The molecule has 0 aliphatic carbocycles. The Hall–Kier alpha value is -1.95. The third-order valence-corrected chi connectivity index (χ3v) is 3.31. The van der Waals surface area contributed by atoms with Crippen molar-refractivity contribution in [2.75, 3.05) is 6.61 Å². The maximum absolute atomic E-state index is 12.0. The minimum atomic E-state index is -0.471. The maximum atomic E-state index is 12.0. The Morgan fingerprint density at radius 1 is 1.33 bits per heavy atom. The van der Waals surface area contributed by atoms with Crippen LogP contribution in [0.25, 0.3) is 0 Å². The Balaban J connectivity index is 2.65. The van der Waals surface area contributed by atoms with E-state index in [1.54, 1.807) is 12.1 Å². The summed E-state index contributed by atoms with van der Waals surface area (Å²) in [4.78, 5) is 22.1. The number of amides is 1. The van der Waals surface area contributed by atoms with Gasteiger partial charge in [-0.1, -0.05) is 32.9 Å². The molecule has 0 saturated carbocycles. The molecule has 0 fully saturated rings. The van der Waals surface area contributed by atoms with Crippen LogP contribution in [0.2, 0.25) is 0 Å². The number of nitrogens with zero attached hydrogens (tertiary/aromatic N) is 1. The summed E-state index contributed by atoms with van der Waals surface area (Å²) >= 11 is 0. The molecule has 6 nitrogen and oxygen atoms in total.